The number of fused-ring (bicyclic) bond motifs is 1. The van der Waals surface area contributed by atoms with Gasteiger partial charge in [-0.15, -0.1) is 0 Å². The van der Waals surface area contributed by atoms with Crippen LogP contribution in [0.4, 0.5) is 0 Å². The standard InChI is InChI=1S/C17H24ClNO2/c1-2-12-13(17(11-19)6-4-3-5-7-17)10-14-16(15(12)18)21-9-8-20-14/h10H,2-9,11,19H2,1H3. The highest BCUT2D eigenvalue weighted by Gasteiger charge is 2.36. The molecule has 3 rings (SSSR count). The fourth-order valence-corrected chi connectivity index (χ4v) is 4.20. The van der Waals surface area contributed by atoms with Crippen LogP contribution in [0.3, 0.4) is 0 Å². The first-order valence-corrected chi connectivity index (χ1v) is 8.41. The number of nitrogens with two attached hydrogens (primary N) is 1. The average Bonchev–Trinajstić information content (AvgIpc) is 2.55. The molecule has 0 saturated heterocycles. The Bertz CT molecular complexity index is 524. The first-order valence-electron chi connectivity index (χ1n) is 8.03. The number of benzene rings is 1. The monoisotopic (exact) mass is 309 g/mol. The summed E-state index contributed by atoms with van der Waals surface area (Å²) in [5, 5.41) is 0.725. The fourth-order valence-electron chi connectivity index (χ4n) is 3.82. The van der Waals surface area contributed by atoms with Crippen LogP contribution < -0.4 is 15.2 Å². The van der Waals surface area contributed by atoms with Crippen LogP contribution in [0, 0.1) is 0 Å². The molecule has 2 N–H and O–H groups in total. The third-order valence-electron chi connectivity index (χ3n) is 5.00. The van der Waals surface area contributed by atoms with E-state index in [0.717, 1.165) is 30.0 Å². The third-order valence-corrected chi connectivity index (χ3v) is 5.40. The number of halogens is 1. The van der Waals surface area contributed by atoms with E-state index in [-0.39, 0.29) is 5.41 Å². The van der Waals surface area contributed by atoms with Crippen LogP contribution in [0.5, 0.6) is 11.5 Å². The summed E-state index contributed by atoms with van der Waals surface area (Å²) in [6.45, 7) is 3.98. The molecule has 1 saturated carbocycles. The highest BCUT2D eigenvalue weighted by Crippen LogP contribution is 2.48. The Balaban J connectivity index is 2.14. The van der Waals surface area contributed by atoms with E-state index in [4.69, 9.17) is 26.8 Å². The van der Waals surface area contributed by atoms with Crippen molar-refractivity contribution >= 4 is 11.6 Å². The van der Waals surface area contributed by atoms with Gasteiger partial charge in [0.05, 0.1) is 5.02 Å². The van der Waals surface area contributed by atoms with Crippen molar-refractivity contribution < 1.29 is 9.47 Å². The Labute approximate surface area is 131 Å². The van der Waals surface area contributed by atoms with Gasteiger partial charge in [-0.2, -0.15) is 0 Å². The van der Waals surface area contributed by atoms with Crippen LogP contribution in [0.1, 0.15) is 50.2 Å². The molecule has 4 heteroatoms. The Morgan fingerprint density at radius 1 is 1.19 bits per heavy atom. The average molecular weight is 310 g/mol. The van der Waals surface area contributed by atoms with E-state index in [2.05, 4.69) is 13.0 Å². The predicted molar refractivity (Wildman–Crippen MR) is 85.6 cm³/mol. The summed E-state index contributed by atoms with van der Waals surface area (Å²) in [7, 11) is 0. The second-order valence-corrected chi connectivity index (χ2v) is 6.52. The van der Waals surface area contributed by atoms with Gasteiger partial charge in [-0.3, -0.25) is 0 Å². The smallest absolute Gasteiger partial charge is 0.180 e. The Hall–Kier alpha value is -0.930. The van der Waals surface area contributed by atoms with Crippen LogP contribution in [-0.4, -0.2) is 19.8 Å². The molecule has 0 bridgehead atoms. The number of rotatable bonds is 3. The lowest BCUT2D eigenvalue weighted by atomic mass is 9.68. The molecular weight excluding hydrogens is 286 g/mol. The summed E-state index contributed by atoms with van der Waals surface area (Å²) in [6.07, 6.45) is 6.98. The van der Waals surface area contributed by atoms with E-state index >= 15 is 0 Å². The van der Waals surface area contributed by atoms with Gasteiger partial charge >= 0.3 is 0 Å². The van der Waals surface area contributed by atoms with E-state index in [1.807, 2.05) is 0 Å². The maximum atomic E-state index is 6.62. The van der Waals surface area contributed by atoms with Gasteiger partial charge in [-0.25, -0.2) is 0 Å². The van der Waals surface area contributed by atoms with Gasteiger partial charge in [-0.1, -0.05) is 37.8 Å². The minimum absolute atomic E-state index is 0.0586. The van der Waals surface area contributed by atoms with Gasteiger partial charge in [0.15, 0.2) is 11.5 Å². The summed E-state index contributed by atoms with van der Waals surface area (Å²) in [5.41, 5.74) is 8.74. The molecule has 1 aromatic rings. The topological polar surface area (TPSA) is 44.5 Å². The second kappa shape index (κ2) is 6.05. The third kappa shape index (κ3) is 2.51. The number of hydrogen-bond acceptors (Lipinski definition) is 3. The lowest BCUT2D eigenvalue weighted by molar-refractivity contribution is 0.170. The maximum Gasteiger partial charge on any atom is 0.180 e. The fraction of sp³-hybridized carbons (Fsp3) is 0.647. The van der Waals surface area contributed by atoms with Crippen molar-refractivity contribution in [2.24, 2.45) is 5.73 Å². The predicted octanol–water partition coefficient (Wildman–Crippen LogP) is 3.83. The van der Waals surface area contributed by atoms with Crippen molar-refractivity contribution in [1.29, 1.82) is 0 Å². The molecule has 1 aliphatic carbocycles. The minimum atomic E-state index is 0.0586. The maximum absolute atomic E-state index is 6.62. The van der Waals surface area contributed by atoms with Crippen LogP contribution in [0.15, 0.2) is 6.07 Å². The zero-order valence-corrected chi connectivity index (χ0v) is 13.5. The molecule has 0 amide bonds. The summed E-state index contributed by atoms with van der Waals surface area (Å²) in [6, 6.07) is 2.15. The number of hydrogen-bond donors (Lipinski definition) is 1. The zero-order valence-electron chi connectivity index (χ0n) is 12.7. The van der Waals surface area contributed by atoms with Crippen LogP contribution in [-0.2, 0) is 11.8 Å². The van der Waals surface area contributed by atoms with E-state index in [1.54, 1.807) is 0 Å². The lowest BCUT2D eigenvalue weighted by Gasteiger charge is -2.39. The largest absolute Gasteiger partial charge is 0.486 e. The SMILES string of the molecule is CCc1c(C2(CN)CCCCC2)cc2c(c1Cl)OCCO2. The van der Waals surface area contributed by atoms with Crippen molar-refractivity contribution in [3.63, 3.8) is 0 Å². The minimum Gasteiger partial charge on any atom is -0.486 e. The molecule has 0 spiro atoms. The Morgan fingerprint density at radius 3 is 2.57 bits per heavy atom. The summed E-state index contributed by atoms with van der Waals surface area (Å²) < 4.78 is 11.5. The molecule has 116 valence electrons. The lowest BCUT2D eigenvalue weighted by Crippen LogP contribution is -2.38. The van der Waals surface area contributed by atoms with Crippen molar-refractivity contribution in [3.8, 4) is 11.5 Å². The molecular formula is C17H24ClNO2. The molecule has 3 nitrogen and oxygen atoms in total. The van der Waals surface area contributed by atoms with Crippen molar-refractivity contribution in [2.75, 3.05) is 19.8 Å². The Morgan fingerprint density at radius 2 is 1.90 bits per heavy atom. The summed E-state index contributed by atoms with van der Waals surface area (Å²) in [5.74, 6) is 1.50. The summed E-state index contributed by atoms with van der Waals surface area (Å²) >= 11 is 6.62. The van der Waals surface area contributed by atoms with Crippen molar-refractivity contribution in [3.05, 3.63) is 22.2 Å². The van der Waals surface area contributed by atoms with E-state index in [9.17, 15) is 0 Å². The molecule has 1 aliphatic heterocycles. The van der Waals surface area contributed by atoms with Crippen LogP contribution >= 0.6 is 11.6 Å². The van der Waals surface area contributed by atoms with Gasteiger partial charge in [0.2, 0.25) is 0 Å². The van der Waals surface area contributed by atoms with Gasteiger partial charge in [0, 0.05) is 12.0 Å². The normalized spacial score (nSPS) is 20.3. The first kappa shape index (κ1) is 15.0. The van der Waals surface area contributed by atoms with Crippen LogP contribution in [0.2, 0.25) is 5.02 Å². The molecule has 0 aromatic heterocycles. The first-order chi connectivity index (χ1) is 10.2. The van der Waals surface area contributed by atoms with Gasteiger partial charge in [0.25, 0.3) is 0 Å². The Kier molecular flexibility index (Phi) is 4.32. The molecule has 2 aliphatic rings. The van der Waals surface area contributed by atoms with Crippen LogP contribution in [0.25, 0.3) is 0 Å². The highest BCUT2D eigenvalue weighted by molar-refractivity contribution is 6.33. The van der Waals surface area contributed by atoms with Gasteiger partial charge < -0.3 is 15.2 Å². The van der Waals surface area contributed by atoms with E-state index in [0.29, 0.717) is 25.5 Å². The van der Waals surface area contributed by atoms with Gasteiger partial charge in [0.1, 0.15) is 13.2 Å². The van der Waals surface area contributed by atoms with Crippen molar-refractivity contribution in [1.82, 2.24) is 0 Å². The van der Waals surface area contributed by atoms with E-state index in [1.165, 1.54) is 30.4 Å². The summed E-state index contributed by atoms with van der Waals surface area (Å²) in [4.78, 5) is 0. The van der Waals surface area contributed by atoms with Gasteiger partial charge in [-0.05, 0) is 36.5 Å². The molecule has 0 atom stereocenters. The quantitative estimate of drug-likeness (QED) is 0.922. The zero-order chi connectivity index (χ0) is 14.9. The molecule has 1 aromatic carbocycles. The van der Waals surface area contributed by atoms with E-state index < -0.39 is 0 Å². The van der Waals surface area contributed by atoms with Crippen molar-refractivity contribution in [2.45, 2.75) is 50.9 Å². The molecule has 21 heavy (non-hydrogen) atoms. The second-order valence-electron chi connectivity index (χ2n) is 6.14. The molecule has 0 unspecified atom stereocenters. The molecule has 1 heterocycles. The molecule has 0 radical (unpaired) electrons. The highest BCUT2D eigenvalue weighted by atomic mass is 35.5. The molecule has 1 fully saturated rings. The number of ether oxygens (including phenoxy) is 2.